The monoisotopic (exact) mass is 452 g/mol. The fraction of sp³-hybridized carbons (Fsp3) is 0.364. The third kappa shape index (κ3) is 7.20. The molecular weight excluding hydrogens is 427 g/mol. The minimum atomic E-state index is -0.959. The van der Waals surface area contributed by atoms with Crippen LogP contribution in [0.1, 0.15) is 43.4 Å². The first-order valence-corrected chi connectivity index (χ1v) is 10.1. The number of benzene rings is 2. The van der Waals surface area contributed by atoms with Gasteiger partial charge in [0.1, 0.15) is 5.82 Å². The van der Waals surface area contributed by atoms with Gasteiger partial charge in [0, 0.05) is 35.9 Å². The van der Waals surface area contributed by atoms with Gasteiger partial charge in [-0.15, -0.1) is 0 Å². The lowest BCUT2D eigenvalue weighted by Gasteiger charge is -2.21. The number of hydrogen-bond acceptors (Lipinski definition) is 4. The van der Waals surface area contributed by atoms with Crippen molar-refractivity contribution >= 4 is 35.0 Å². The Kier molecular flexibility index (Phi) is 9.23. The van der Waals surface area contributed by atoms with Crippen molar-refractivity contribution in [3.63, 3.8) is 0 Å². The fourth-order valence-electron chi connectivity index (χ4n) is 3.18. The van der Waals surface area contributed by atoms with Gasteiger partial charge >= 0.3 is 12.0 Å². The summed E-state index contributed by atoms with van der Waals surface area (Å²) in [7, 11) is 1.49. The number of ether oxygens (including phenoxy) is 2. The average molecular weight is 453 g/mol. The molecule has 0 fully saturated rings. The summed E-state index contributed by atoms with van der Waals surface area (Å²) in [6.45, 7) is 4.37. The zero-order valence-electron chi connectivity index (χ0n) is 17.6. The van der Waals surface area contributed by atoms with Gasteiger partial charge < -0.3 is 25.2 Å². The van der Waals surface area contributed by atoms with Gasteiger partial charge in [-0.3, -0.25) is 4.79 Å². The van der Waals surface area contributed by atoms with Crippen LogP contribution in [-0.2, 0) is 14.3 Å². The van der Waals surface area contributed by atoms with Crippen LogP contribution in [0.15, 0.2) is 36.4 Å². The molecule has 2 aromatic rings. The molecule has 0 heterocycles. The molecule has 9 heteroatoms. The van der Waals surface area contributed by atoms with Crippen LogP contribution in [0.4, 0.5) is 20.6 Å². The Labute approximate surface area is 185 Å². The molecule has 0 aliphatic carbocycles. The zero-order valence-corrected chi connectivity index (χ0v) is 18.3. The fourth-order valence-corrected chi connectivity index (χ4v) is 3.34. The first-order chi connectivity index (χ1) is 14.7. The molecule has 0 aromatic heterocycles. The molecule has 0 unspecified atom stereocenters. The number of methoxy groups -OCH3 is 1. The molecule has 0 saturated heterocycles. The number of hydrogen-bond donors (Lipinski definition) is 3. The second kappa shape index (κ2) is 11.6. The van der Waals surface area contributed by atoms with Gasteiger partial charge in [-0.25, -0.2) is 9.18 Å². The molecule has 7 nitrogen and oxygen atoms in total. The number of anilines is 2. The lowest BCUT2D eigenvalue weighted by molar-refractivity contribution is -0.137. The van der Waals surface area contributed by atoms with Crippen molar-refractivity contribution in [2.75, 3.05) is 31.0 Å². The van der Waals surface area contributed by atoms with Gasteiger partial charge in [0.2, 0.25) is 0 Å². The summed E-state index contributed by atoms with van der Waals surface area (Å²) in [4.78, 5) is 23.8. The van der Waals surface area contributed by atoms with E-state index >= 15 is 0 Å². The van der Waals surface area contributed by atoms with Crippen LogP contribution in [0, 0.1) is 5.82 Å². The highest BCUT2D eigenvalue weighted by Crippen LogP contribution is 2.31. The molecule has 2 rings (SSSR count). The highest BCUT2D eigenvalue weighted by Gasteiger charge is 2.20. The molecule has 0 bridgehead atoms. The summed E-state index contributed by atoms with van der Waals surface area (Å²) in [6.07, 6.45) is -0.461. The summed E-state index contributed by atoms with van der Waals surface area (Å²) >= 11 is 5.74. The Morgan fingerprint density at radius 1 is 1.16 bits per heavy atom. The van der Waals surface area contributed by atoms with Gasteiger partial charge in [-0.2, -0.15) is 0 Å². The van der Waals surface area contributed by atoms with E-state index in [4.69, 9.17) is 21.1 Å². The van der Waals surface area contributed by atoms with Gasteiger partial charge in [-0.1, -0.05) is 23.7 Å². The molecule has 2 aromatic carbocycles. The molecule has 0 saturated carbocycles. The Morgan fingerprint density at radius 3 is 2.48 bits per heavy atom. The van der Waals surface area contributed by atoms with E-state index in [1.165, 1.54) is 19.2 Å². The second-order valence-electron chi connectivity index (χ2n) is 6.90. The standard InChI is InChI=1S/C22H26ClFN2O5/c1-4-31-13(2)17-7-5-14(15(12-30-3)10-21(27)28)9-20(17)26-22(29)25-19-8-6-16(23)11-18(19)24/h5-9,11,13,15H,4,10,12H2,1-3H3,(H,27,28)(H2,25,26,29)/t13-,15+/m1/s1. The number of carboxylic acid groups (broad SMARTS) is 1. The van der Waals surface area contributed by atoms with Crippen molar-refractivity contribution in [3.05, 3.63) is 58.4 Å². The van der Waals surface area contributed by atoms with E-state index in [1.54, 1.807) is 18.2 Å². The van der Waals surface area contributed by atoms with E-state index < -0.39 is 23.7 Å². The van der Waals surface area contributed by atoms with Gasteiger partial charge in [0.25, 0.3) is 0 Å². The predicted molar refractivity (Wildman–Crippen MR) is 117 cm³/mol. The molecule has 0 radical (unpaired) electrons. The first-order valence-electron chi connectivity index (χ1n) is 9.74. The maximum absolute atomic E-state index is 14.0. The molecule has 3 N–H and O–H groups in total. The quantitative estimate of drug-likeness (QED) is 0.447. The summed E-state index contributed by atoms with van der Waals surface area (Å²) in [5.74, 6) is -2.03. The minimum Gasteiger partial charge on any atom is -0.481 e. The smallest absolute Gasteiger partial charge is 0.323 e. The number of carbonyl (C=O) groups is 2. The largest absolute Gasteiger partial charge is 0.481 e. The predicted octanol–water partition coefficient (Wildman–Crippen LogP) is 5.43. The number of urea groups is 1. The van der Waals surface area contributed by atoms with Gasteiger partial charge in [-0.05, 0) is 43.7 Å². The molecule has 0 spiro atoms. The molecule has 168 valence electrons. The molecule has 2 amide bonds. The number of halogens is 2. The van der Waals surface area contributed by atoms with Crippen LogP contribution in [0.3, 0.4) is 0 Å². The van der Waals surface area contributed by atoms with Crippen molar-refractivity contribution < 1.29 is 28.6 Å². The maximum Gasteiger partial charge on any atom is 0.323 e. The Morgan fingerprint density at radius 2 is 1.87 bits per heavy atom. The van der Waals surface area contributed by atoms with Crippen LogP contribution >= 0.6 is 11.6 Å². The van der Waals surface area contributed by atoms with E-state index in [0.717, 1.165) is 6.07 Å². The Hall–Kier alpha value is -2.68. The van der Waals surface area contributed by atoms with Gasteiger partial charge in [0.15, 0.2) is 0 Å². The third-order valence-corrected chi connectivity index (χ3v) is 4.85. The summed E-state index contributed by atoms with van der Waals surface area (Å²) in [5, 5.41) is 14.6. The lowest BCUT2D eigenvalue weighted by Crippen LogP contribution is -2.22. The highest BCUT2D eigenvalue weighted by atomic mass is 35.5. The van der Waals surface area contributed by atoms with E-state index in [0.29, 0.717) is 23.4 Å². The van der Waals surface area contributed by atoms with Crippen molar-refractivity contribution in [2.24, 2.45) is 0 Å². The zero-order chi connectivity index (χ0) is 23.0. The van der Waals surface area contributed by atoms with Crippen LogP contribution < -0.4 is 10.6 Å². The van der Waals surface area contributed by atoms with Crippen LogP contribution in [0.25, 0.3) is 0 Å². The van der Waals surface area contributed by atoms with Crippen molar-refractivity contribution in [1.29, 1.82) is 0 Å². The summed E-state index contributed by atoms with van der Waals surface area (Å²) < 4.78 is 24.8. The molecule has 0 aliphatic heterocycles. The van der Waals surface area contributed by atoms with Crippen LogP contribution in [0.5, 0.6) is 0 Å². The number of amides is 2. The normalized spacial score (nSPS) is 12.8. The van der Waals surface area contributed by atoms with E-state index in [1.807, 2.05) is 13.8 Å². The van der Waals surface area contributed by atoms with Crippen molar-refractivity contribution in [1.82, 2.24) is 0 Å². The van der Waals surface area contributed by atoms with Crippen molar-refractivity contribution in [2.45, 2.75) is 32.3 Å². The van der Waals surface area contributed by atoms with E-state index in [2.05, 4.69) is 10.6 Å². The molecule has 0 aliphatic rings. The molecular formula is C22H26ClFN2O5. The van der Waals surface area contributed by atoms with Crippen LogP contribution in [0.2, 0.25) is 5.02 Å². The summed E-state index contributed by atoms with van der Waals surface area (Å²) in [5.41, 5.74) is 1.78. The third-order valence-electron chi connectivity index (χ3n) is 4.62. The topological polar surface area (TPSA) is 96.9 Å². The van der Waals surface area contributed by atoms with Crippen LogP contribution in [-0.4, -0.2) is 37.4 Å². The number of carbonyl (C=O) groups excluding carboxylic acids is 1. The highest BCUT2D eigenvalue weighted by molar-refractivity contribution is 6.30. The number of rotatable bonds is 10. The Balaban J connectivity index is 2.33. The second-order valence-corrected chi connectivity index (χ2v) is 7.33. The number of carboxylic acids is 1. The maximum atomic E-state index is 14.0. The molecule has 31 heavy (non-hydrogen) atoms. The minimum absolute atomic E-state index is 0.0272. The Bertz CT molecular complexity index is 925. The van der Waals surface area contributed by atoms with E-state index in [-0.39, 0.29) is 29.8 Å². The van der Waals surface area contributed by atoms with E-state index in [9.17, 15) is 19.1 Å². The molecule has 2 atom stereocenters. The first kappa shape index (κ1) is 24.6. The average Bonchev–Trinajstić information content (AvgIpc) is 2.69. The lowest BCUT2D eigenvalue weighted by atomic mass is 9.93. The SMILES string of the molecule is CCO[C@H](C)c1ccc([C@H](COC)CC(=O)O)cc1NC(=O)Nc1ccc(Cl)cc1F. The van der Waals surface area contributed by atoms with Gasteiger partial charge in [0.05, 0.1) is 24.8 Å². The number of nitrogens with one attached hydrogen (secondary N) is 2. The summed E-state index contributed by atoms with van der Waals surface area (Å²) in [6, 6.07) is 8.52. The van der Waals surface area contributed by atoms with Crippen molar-refractivity contribution in [3.8, 4) is 0 Å². The number of aliphatic carboxylic acids is 1.